The van der Waals surface area contributed by atoms with Gasteiger partial charge in [-0.1, -0.05) is 25.3 Å². The summed E-state index contributed by atoms with van der Waals surface area (Å²) in [7, 11) is 0. The van der Waals surface area contributed by atoms with Crippen LogP contribution >= 0.6 is 23.7 Å². The van der Waals surface area contributed by atoms with Crippen LogP contribution in [0.25, 0.3) is 0 Å². The van der Waals surface area contributed by atoms with Crippen molar-refractivity contribution >= 4 is 29.7 Å². The van der Waals surface area contributed by atoms with E-state index in [-0.39, 0.29) is 29.8 Å². The lowest BCUT2D eigenvalue weighted by molar-refractivity contribution is -0.121. The molecule has 1 aromatic heterocycles. The summed E-state index contributed by atoms with van der Waals surface area (Å²) in [6, 6.07) is 4.26. The Labute approximate surface area is 131 Å². The fraction of sp³-hybridized carbons (Fsp3) is 0.667. The third kappa shape index (κ3) is 4.47. The Morgan fingerprint density at radius 3 is 2.70 bits per heavy atom. The number of halogens is 1. The largest absolute Gasteiger partial charge is 0.355 e. The number of hydrogen-bond acceptors (Lipinski definition) is 3. The van der Waals surface area contributed by atoms with Gasteiger partial charge >= 0.3 is 0 Å². The minimum Gasteiger partial charge on any atom is -0.355 e. The molecule has 2 rings (SSSR count). The average molecular weight is 317 g/mol. The van der Waals surface area contributed by atoms with Gasteiger partial charge in [-0.3, -0.25) is 4.79 Å². The summed E-state index contributed by atoms with van der Waals surface area (Å²) in [5.74, 6) is 0.0801. The van der Waals surface area contributed by atoms with E-state index in [4.69, 9.17) is 5.73 Å². The number of nitrogens with two attached hydrogens (primary N) is 1. The van der Waals surface area contributed by atoms with Crippen LogP contribution in [0.5, 0.6) is 0 Å². The summed E-state index contributed by atoms with van der Waals surface area (Å²) in [4.78, 5) is 13.2. The van der Waals surface area contributed by atoms with Crippen LogP contribution in [0.3, 0.4) is 0 Å². The van der Waals surface area contributed by atoms with Crippen LogP contribution < -0.4 is 11.1 Å². The van der Waals surface area contributed by atoms with Crippen LogP contribution in [0.1, 0.15) is 50.3 Å². The zero-order valence-electron chi connectivity index (χ0n) is 12.1. The smallest absolute Gasteiger partial charge is 0.221 e. The SMILES string of the molecule is CC(N)CC(=O)NCC1(c2cccs2)CCCCC1.Cl. The average Bonchev–Trinajstić information content (AvgIpc) is 2.91. The molecule has 3 N–H and O–H groups in total. The summed E-state index contributed by atoms with van der Waals surface area (Å²) < 4.78 is 0. The van der Waals surface area contributed by atoms with Crippen LogP contribution in [-0.4, -0.2) is 18.5 Å². The summed E-state index contributed by atoms with van der Waals surface area (Å²) in [6.07, 6.45) is 6.64. The number of thiophene rings is 1. The number of carbonyl (C=O) groups excluding carboxylic acids is 1. The third-order valence-electron chi connectivity index (χ3n) is 3.99. The lowest BCUT2D eigenvalue weighted by Gasteiger charge is -2.36. The molecule has 0 aromatic carbocycles. The Morgan fingerprint density at radius 2 is 2.15 bits per heavy atom. The Morgan fingerprint density at radius 1 is 1.45 bits per heavy atom. The molecule has 1 fully saturated rings. The van der Waals surface area contributed by atoms with Crippen molar-refractivity contribution in [1.82, 2.24) is 5.32 Å². The highest BCUT2D eigenvalue weighted by Crippen LogP contribution is 2.41. The minimum absolute atomic E-state index is 0. The zero-order chi connectivity index (χ0) is 13.7. The van der Waals surface area contributed by atoms with Crippen LogP contribution in [0, 0.1) is 0 Å². The van der Waals surface area contributed by atoms with Crippen LogP contribution in [-0.2, 0) is 10.2 Å². The van der Waals surface area contributed by atoms with Gasteiger partial charge in [0.15, 0.2) is 0 Å². The number of carbonyl (C=O) groups is 1. The Bertz CT molecular complexity index is 400. The lowest BCUT2D eigenvalue weighted by Crippen LogP contribution is -2.42. The fourth-order valence-corrected chi connectivity index (χ4v) is 3.94. The van der Waals surface area contributed by atoms with Gasteiger partial charge in [0.2, 0.25) is 5.91 Å². The molecule has 1 aromatic rings. The van der Waals surface area contributed by atoms with Crippen molar-refractivity contribution in [1.29, 1.82) is 0 Å². The predicted molar refractivity (Wildman–Crippen MR) is 87.6 cm³/mol. The van der Waals surface area contributed by atoms with Gasteiger partial charge in [0, 0.05) is 29.3 Å². The first-order valence-electron chi connectivity index (χ1n) is 7.19. The molecular weight excluding hydrogens is 292 g/mol. The maximum absolute atomic E-state index is 11.8. The molecule has 114 valence electrons. The first-order valence-corrected chi connectivity index (χ1v) is 8.07. The second-order valence-corrected chi connectivity index (χ2v) is 6.72. The van der Waals surface area contributed by atoms with Crippen LogP contribution in [0.2, 0.25) is 0 Å². The highest BCUT2D eigenvalue weighted by molar-refractivity contribution is 7.10. The van der Waals surface area contributed by atoms with Crippen LogP contribution in [0.15, 0.2) is 17.5 Å². The monoisotopic (exact) mass is 316 g/mol. The number of hydrogen-bond donors (Lipinski definition) is 2. The van der Waals surface area contributed by atoms with Gasteiger partial charge in [0.05, 0.1) is 0 Å². The first-order chi connectivity index (χ1) is 9.12. The molecule has 1 unspecified atom stereocenters. The van der Waals surface area contributed by atoms with Crippen molar-refractivity contribution in [3.63, 3.8) is 0 Å². The zero-order valence-corrected chi connectivity index (χ0v) is 13.7. The molecule has 3 nitrogen and oxygen atoms in total. The van der Waals surface area contributed by atoms with E-state index in [0.717, 1.165) is 6.54 Å². The predicted octanol–water partition coefficient (Wildman–Crippen LogP) is 3.23. The first kappa shape index (κ1) is 17.5. The quantitative estimate of drug-likeness (QED) is 0.876. The van der Waals surface area contributed by atoms with Gasteiger partial charge in [-0.2, -0.15) is 0 Å². The number of amides is 1. The summed E-state index contributed by atoms with van der Waals surface area (Å²) in [5.41, 5.74) is 5.84. The minimum atomic E-state index is -0.0657. The van der Waals surface area contributed by atoms with Crippen molar-refractivity contribution in [2.24, 2.45) is 5.73 Å². The van der Waals surface area contributed by atoms with E-state index >= 15 is 0 Å². The van der Waals surface area contributed by atoms with E-state index in [2.05, 4.69) is 22.8 Å². The maximum atomic E-state index is 11.8. The van der Waals surface area contributed by atoms with Crippen molar-refractivity contribution in [2.75, 3.05) is 6.54 Å². The van der Waals surface area contributed by atoms with Gasteiger partial charge in [0.25, 0.3) is 0 Å². The molecule has 1 atom stereocenters. The van der Waals surface area contributed by atoms with E-state index in [9.17, 15) is 4.79 Å². The maximum Gasteiger partial charge on any atom is 0.221 e. The number of nitrogens with one attached hydrogen (secondary N) is 1. The lowest BCUT2D eigenvalue weighted by atomic mass is 9.73. The highest BCUT2D eigenvalue weighted by Gasteiger charge is 2.35. The summed E-state index contributed by atoms with van der Waals surface area (Å²) in [5, 5.41) is 5.23. The second-order valence-electron chi connectivity index (χ2n) is 5.78. The molecule has 0 bridgehead atoms. The molecule has 0 radical (unpaired) electrons. The van der Waals surface area contributed by atoms with Gasteiger partial charge in [-0.05, 0) is 31.2 Å². The normalized spacial score (nSPS) is 18.9. The molecule has 0 aliphatic heterocycles. The van der Waals surface area contributed by atoms with Gasteiger partial charge in [-0.15, -0.1) is 23.7 Å². The molecule has 20 heavy (non-hydrogen) atoms. The number of rotatable bonds is 5. The molecule has 5 heteroatoms. The Balaban J connectivity index is 0.00000200. The van der Waals surface area contributed by atoms with E-state index in [1.807, 2.05) is 18.3 Å². The molecule has 1 heterocycles. The van der Waals surface area contributed by atoms with E-state index in [0.29, 0.717) is 6.42 Å². The standard InChI is InChI=1S/C15H24N2OS.ClH/c1-12(16)10-14(18)17-11-15(7-3-2-4-8-15)13-6-5-9-19-13;/h5-6,9,12H,2-4,7-8,10-11,16H2,1H3,(H,17,18);1H. The Kier molecular flexibility index (Phi) is 7.00. The third-order valence-corrected chi connectivity index (χ3v) is 5.10. The van der Waals surface area contributed by atoms with E-state index in [1.165, 1.54) is 37.0 Å². The molecule has 0 spiro atoms. The summed E-state index contributed by atoms with van der Waals surface area (Å²) >= 11 is 1.82. The van der Waals surface area contributed by atoms with Gasteiger partial charge in [0.1, 0.15) is 0 Å². The topological polar surface area (TPSA) is 55.1 Å². The second kappa shape index (κ2) is 8.01. The fourth-order valence-electron chi connectivity index (χ4n) is 2.95. The molecule has 1 saturated carbocycles. The molecular formula is C15H25ClN2OS. The molecule has 1 aliphatic rings. The Hall–Kier alpha value is -0.580. The van der Waals surface area contributed by atoms with Crippen molar-refractivity contribution in [2.45, 2.75) is 56.9 Å². The van der Waals surface area contributed by atoms with E-state index in [1.54, 1.807) is 0 Å². The highest BCUT2D eigenvalue weighted by atomic mass is 35.5. The molecule has 0 saturated heterocycles. The van der Waals surface area contributed by atoms with Gasteiger partial charge in [-0.25, -0.2) is 0 Å². The molecule has 1 aliphatic carbocycles. The van der Waals surface area contributed by atoms with Gasteiger partial charge < -0.3 is 11.1 Å². The van der Waals surface area contributed by atoms with Crippen molar-refractivity contribution < 1.29 is 4.79 Å². The molecule has 1 amide bonds. The van der Waals surface area contributed by atoms with Crippen molar-refractivity contribution in [3.8, 4) is 0 Å². The summed E-state index contributed by atoms with van der Waals surface area (Å²) in [6.45, 7) is 2.63. The van der Waals surface area contributed by atoms with E-state index < -0.39 is 0 Å². The van der Waals surface area contributed by atoms with Crippen molar-refractivity contribution in [3.05, 3.63) is 22.4 Å². The van der Waals surface area contributed by atoms with Crippen LogP contribution in [0.4, 0.5) is 0 Å².